The highest BCUT2D eigenvalue weighted by Gasteiger charge is 2.40. The first-order valence-electron chi connectivity index (χ1n) is 7.24. The number of nitrogens with zero attached hydrogens (tertiary/aromatic N) is 2. The molecule has 5 nitrogen and oxygen atoms in total. The molecule has 0 aliphatic carbocycles. The summed E-state index contributed by atoms with van der Waals surface area (Å²) in [6, 6.07) is 1.65. The van der Waals surface area contributed by atoms with Gasteiger partial charge in [0.25, 0.3) is 0 Å². The summed E-state index contributed by atoms with van der Waals surface area (Å²) in [6.45, 7) is 0. The summed E-state index contributed by atoms with van der Waals surface area (Å²) in [7, 11) is -0.852. The smallest absolute Gasteiger partial charge is 0.308 e. The van der Waals surface area contributed by atoms with Crippen LogP contribution in [0.15, 0.2) is 16.9 Å². The van der Waals surface area contributed by atoms with Crippen molar-refractivity contribution in [3.8, 4) is 11.3 Å². The number of halogens is 7. The molecule has 28 heavy (non-hydrogen) atoms. The Morgan fingerprint density at radius 3 is 2.29 bits per heavy atom. The summed E-state index contributed by atoms with van der Waals surface area (Å²) in [6.07, 6.45) is -4.03. The van der Waals surface area contributed by atoms with Crippen molar-refractivity contribution in [1.29, 1.82) is 0 Å². The zero-order valence-corrected chi connectivity index (χ0v) is 16.9. The molecule has 0 fully saturated rings. The van der Waals surface area contributed by atoms with Gasteiger partial charge in [0.15, 0.2) is 11.5 Å². The van der Waals surface area contributed by atoms with Crippen molar-refractivity contribution in [2.75, 3.05) is 14.2 Å². The van der Waals surface area contributed by atoms with Crippen LogP contribution in [0.1, 0.15) is 11.3 Å². The van der Waals surface area contributed by atoms with Gasteiger partial charge >= 0.3 is 13.8 Å². The molecule has 0 atom stereocenters. The van der Waals surface area contributed by atoms with Crippen LogP contribution in [-0.2, 0) is 26.8 Å². The fraction of sp³-hybridized carbons (Fsp3) is 0.267. The van der Waals surface area contributed by atoms with Crippen molar-refractivity contribution in [2.24, 2.45) is 7.05 Å². The second kappa shape index (κ2) is 8.12. The van der Waals surface area contributed by atoms with Crippen LogP contribution < -0.4 is 0 Å². The maximum Gasteiger partial charge on any atom is 0.435 e. The minimum absolute atomic E-state index is 0.0731. The molecule has 2 aromatic rings. The minimum Gasteiger partial charge on any atom is -0.308 e. The molecule has 0 bridgehead atoms. The molecule has 0 unspecified atom stereocenters. The second-order valence-corrected chi connectivity index (χ2v) is 8.60. The molecule has 1 aromatic heterocycles. The standard InChI is InChI=1S/C15H12Cl2F5N2O3P/c1-24-14(15(20,21)22)12(19)13(23-24)8-4-7(9(16)6-10(8)18)5-11(17)28(25,26-2)27-3/h4-6H,1-3H3. The van der Waals surface area contributed by atoms with Crippen molar-refractivity contribution in [1.82, 2.24) is 9.78 Å². The number of hydrogen-bond donors (Lipinski definition) is 0. The highest BCUT2D eigenvalue weighted by molar-refractivity contribution is 7.61. The van der Waals surface area contributed by atoms with Gasteiger partial charge in [-0.2, -0.15) is 18.3 Å². The van der Waals surface area contributed by atoms with E-state index in [0.29, 0.717) is 0 Å². The topological polar surface area (TPSA) is 53.4 Å². The molecule has 154 valence electrons. The van der Waals surface area contributed by atoms with E-state index in [9.17, 15) is 26.5 Å². The molecule has 0 spiro atoms. The Morgan fingerprint density at radius 2 is 1.82 bits per heavy atom. The van der Waals surface area contributed by atoms with E-state index in [1.54, 1.807) is 0 Å². The normalized spacial score (nSPS) is 13.3. The zero-order valence-electron chi connectivity index (χ0n) is 14.4. The highest BCUT2D eigenvalue weighted by atomic mass is 35.5. The van der Waals surface area contributed by atoms with Crippen LogP contribution in [-0.4, -0.2) is 24.0 Å². The first kappa shape index (κ1) is 22.8. The summed E-state index contributed by atoms with van der Waals surface area (Å²) in [4.78, 5) is 0. The Labute approximate surface area is 166 Å². The Hall–Kier alpha value is -1.45. The van der Waals surface area contributed by atoms with Gasteiger partial charge in [0.1, 0.15) is 16.3 Å². The molecule has 0 amide bonds. The van der Waals surface area contributed by atoms with Gasteiger partial charge in [0.05, 0.1) is 5.02 Å². The molecule has 0 aliphatic rings. The monoisotopic (exact) mass is 464 g/mol. The lowest BCUT2D eigenvalue weighted by molar-refractivity contribution is -0.146. The van der Waals surface area contributed by atoms with Crippen LogP contribution in [0.25, 0.3) is 17.3 Å². The summed E-state index contributed by atoms with van der Waals surface area (Å²) in [5, 5.41) is 3.19. The highest BCUT2D eigenvalue weighted by Crippen LogP contribution is 2.57. The first-order valence-corrected chi connectivity index (χ1v) is 9.54. The summed E-state index contributed by atoms with van der Waals surface area (Å²) < 4.78 is 88.9. The molecule has 13 heteroatoms. The molecule has 0 N–H and O–H groups in total. The van der Waals surface area contributed by atoms with E-state index in [-0.39, 0.29) is 15.3 Å². The SMILES string of the molecule is COP(=O)(OC)C(Cl)=Cc1cc(-c2nn(C)c(C(F)(F)F)c2F)c(F)cc1Cl. The van der Waals surface area contributed by atoms with Gasteiger partial charge < -0.3 is 9.05 Å². The number of benzene rings is 1. The maximum atomic E-state index is 14.3. The lowest BCUT2D eigenvalue weighted by Crippen LogP contribution is -2.13. The zero-order chi connectivity index (χ0) is 21.4. The molecule has 2 rings (SSSR count). The van der Waals surface area contributed by atoms with E-state index < -0.39 is 47.1 Å². The fourth-order valence-corrected chi connectivity index (χ4v) is 3.82. The average Bonchev–Trinajstić information content (AvgIpc) is 2.90. The number of aromatic nitrogens is 2. The lowest BCUT2D eigenvalue weighted by Gasteiger charge is -2.13. The van der Waals surface area contributed by atoms with Crippen LogP contribution in [0, 0.1) is 11.6 Å². The van der Waals surface area contributed by atoms with Crippen LogP contribution in [0.4, 0.5) is 22.0 Å². The van der Waals surface area contributed by atoms with Crippen molar-refractivity contribution in [3.63, 3.8) is 0 Å². The molecule has 1 aromatic carbocycles. The number of alkyl halides is 3. The van der Waals surface area contributed by atoms with Crippen molar-refractivity contribution in [2.45, 2.75) is 6.18 Å². The third kappa shape index (κ3) is 4.26. The van der Waals surface area contributed by atoms with Crippen molar-refractivity contribution < 1.29 is 35.6 Å². The fourth-order valence-electron chi connectivity index (χ4n) is 2.29. The molecule has 0 saturated carbocycles. The van der Waals surface area contributed by atoms with Gasteiger partial charge in [0.2, 0.25) is 0 Å². The largest absolute Gasteiger partial charge is 0.435 e. The number of hydrogen-bond acceptors (Lipinski definition) is 4. The Kier molecular flexibility index (Phi) is 6.62. The van der Waals surface area contributed by atoms with Gasteiger partial charge in [-0.3, -0.25) is 9.25 Å². The van der Waals surface area contributed by atoms with Gasteiger partial charge in [-0.15, -0.1) is 0 Å². The third-order valence-corrected chi connectivity index (χ3v) is 6.29. The summed E-state index contributed by atoms with van der Waals surface area (Å²) in [5.41, 5.74) is -3.23. The Morgan fingerprint density at radius 1 is 1.25 bits per heavy atom. The maximum absolute atomic E-state index is 14.3. The van der Waals surface area contributed by atoms with Crippen molar-refractivity contribution in [3.05, 3.63) is 44.8 Å². The third-order valence-electron chi connectivity index (χ3n) is 3.62. The van der Waals surface area contributed by atoms with E-state index in [0.717, 1.165) is 39.5 Å². The number of rotatable bonds is 5. The van der Waals surface area contributed by atoms with E-state index >= 15 is 0 Å². The van der Waals surface area contributed by atoms with Gasteiger partial charge in [0, 0.05) is 26.8 Å². The quantitative estimate of drug-likeness (QED) is 0.398. The average molecular weight is 465 g/mol. The van der Waals surface area contributed by atoms with Gasteiger partial charge in [-0.25, -0.2) is 8.78 Å². The van der Waals surface area contributed by atoms with Crippen LogP contribution in [0.2, 0.25) is 5.02 Å². The predicted octanol–water partition coefficient (Wildman–Crippen LogP) is 6.06. The molecule has 0 radical (unpaired) electrons. The van der Waals surface area contributed by atoms with E-state index in [2.05, 4.69) is 5.10 Å². The molecule has 1 heterocycles. The van der Waals surface area contributed by atoms with E-state index in [1.165, 1.54) is 0 Å². The number of aryl methyl sites for hydroxylation is 1. The Bertz CT molecular complexity index is 983. The molecular formula is C15H12Cl2F5N2O3P. The van der Waals surface area contributed by atoms with Gasteiger partial charge in [-0.1, -0.05) is 23.2 Å². The van der Waals surface area contributed by atoms with Crippen LogP contribution in [0.3, 0.4) is 0 Å². The predicted molar refractivity (Wildman–Crippen MR) is 94.0 cm³/mol. The van der Waals surface area contributed by atoms with Crippen molar-refractivity contribution >= 4 is 36.9 Å². The van der Waals surface area contributed by atoms with Crippen LogP contribution >= 0.6 is 30.8 Å². The first-order chi connectivity index (χ1) is 12.9. The Balaban J connectivity index is 2.68. The second-order valence-electron chi connectivity index (χ2n) is 5.32. The molecule has 0 saturated heterocycles. The molecule has 0 aliphatic heterocycles. The lowest BCUT2D eigenvalue weighted by atomic mass is 10.1. The van der Waals surface area contributed by atoms with E-state index in [1.807, 2.05) is 0 Å². The summed E-state index contributed by atoms with van der Waals surface area (Å²) in [5.74, 6) is -2.87. The van der Waals surface area contributed by atoms with Gasteiger partial charge in [-0.05, 0) is 23.8 Å². The van der Waals surface area contributed by atoms with Crippen LogP contribution in [0.5, 0.6) is 0 Å². The minimum atomic E-state index is -5.04. The van der Waals surface area contributed by atoms with E-state index in [4.69, 9.17) is 32.2 Å². The molecular weight excluding hydrogens is 453 g/mol. The summed E-state index contributed by atoms with van der Waals surface area (Å²) >= 11 is 11.8.